The predicted octanol–water partition coefficient (Wildman–Crippen LogP) is 3.26. The molecule has 132 valence electrons. The number of H-pyrrole nitrogens is 1. The lowest BCUT2D eigenvalue weighted by molar-refractivity contribution is 0.0411. The second-order valence-corrected chi connectivity index (χ2v) is 6.16. The van der Waals surface area contributed by atoms with E-state index in [-0.39, 0.29) is 23.5 Å². The molecule has 4 rings (SSSR count). The molecule has 2 aromatic carbocycles. The molecule has 1 aliphatic heterocycles. The summed E-state index contributed by atoms with van der Waals surface area (Å²) < 4.78 is 19.6. The average molecular weight is 351 g/mol. The zero-order chi connectivity index (χ0) is 17.9. The van der Waals surface area contributed by atoms with E-state index in [1.807, 2.05) is 18.2 Å². The number of carbonyl (C=O) groups is 1. The predicted molar refractivity (Wildman–Crippen MR) is 95.2 cm³/mol. The van der Waals surface area contributed by atoms with Crippen LogP contribution < -0.4 is 5.32 Å². The van der Waals surface area contributed by atoms with Crippen molar-refractivity contribution in [2.45, 2.75) is 12.5 Å². The van der Waals surface area contributed by atoms with Crippen LogP contribution in [-0.2, 0) is 11.2 Å². The first-order valence-corrected chi connectivity index (χ1v) is 8.50. The molecule has 6 heteroatoms. The Morgan fingerprint density at radius 3 is 2.92 bits per heavy atom. The Labute approximate surface area is 150 Å². The number of rotatable bonds is 4. The number of halogens is 1. The maximum Gasteiger partial charge on any atom is 0.269 e. The second-order valence-electron chi connectivity index (χ2n) is 6.16. The second kappa shape index (κ2) is 7.09. The van der Waals surface area contributed by atoms with Gasteiger partial charge in [0.25, 0.3) is 5.91 Å². The first kappa shape index (κ1) is 16.5. The maximum atomic E-state index is 13.8. The van der Waals surface area contributed by atoms with Crippen molar-refractivity contribution in [1.82, 2.24) is 15.5 Å². The molecule has 0 saturated carbocycles. The summed E-state index contributed by atoms with van der Waals surface area (Å²) in [6.45, 7) is 1.00. The third kappa shape index (κ3) is 3.23. The third-order valence-electron chi connectivity index (χ3n) is 4.51. The van der Waals surface area contributed by atoms with Gasteiger partial charge in [-0.15, -0.1) is 0 Å². The normalized spacial score (nSPS) is 16.1. The van der Waals surface area contributed by atoms with Gasteiger partial charge in [0.05, 0.1) is 12.3 Å². The molecule has 1 atom stereocenters. The molecule has 0 spiro atoms. The van der Waals surface area contributed by atoms with Crippen LogP contribution in [-0.4, -0.2) is 29.3 Å². The quantitative estimate of drug-likeness (QED) is 0.758. The van der Waals surface area contributed by atoms with Crippen LogP contribution in [0, 0.1) is 5.82 Å². The van der Waals surface area contributed by atoms with Gasteiger partial charge in [-0.25, -0.2) is 4.39 Å². The van der Waals surface area contributed by atoms with E-state index in [1.165, 1.54) is 11.6 Å². The van der Waals surface area contributed by atoms with E-state index in [9.17, 15) is 9.18 Å². The molecule has 2 N–H and O–H groups in total. The number of benzene rings is 2. The zero-order valence-corrected chi connectivity index (χ0v) is 14.0. The summed E-state index contributed by atoms with van der Waals surface area (Å²) in [5, 5.41) is 9.57. The average Bonchev–Trinajstić information content (AvgIpc) is 3.16. The summed E-state index contributed by atoms with van der Waals surface area (Å²) in [5.41, 5.74) is 3.39. The van der Waals surface area contributed by atoms with Crippen LogP contribution in [0.3, 0.4) is 0 Å². The smallest absolute Gasteiger partial charge is 0.269 e. The Morgan fingerprint density at radius 1 is 1.23 bits per heavy atom. The van der Waals surface area contributed by atoms with E-state index in [0.29, 0.717) is 24.4 Å². The minimum atomic E-state index is -0.377. The minimum absolute atomic E-state index is 0.169. The van der Waals surface area contributed by atoms with Crippen molar-refractivity contribution in [2.75, 3.05) is 13.2 Å². The van der Waals surface area contributed by atoms with Crippen LogP contribution >= 0.6 is 0 Å². The van der Waals surface area contributed by atoms with Crippen molar-refractivity contribution in [3.05, 3.63) is 77.2 Å². The van der Waals surface area contributed by atoms with Crippen LogP contribution in [0.15, 0.2) is 54.6 Å². The Kier molecular flexibility index (Phi) is 4.50. The van der Waals surface area contributed by atoms with Gasteiger partial charge in [-0.2, -0.15) is 5.10 Å². The van der Waals surface area contributed by atoms with Crippen molar-refractivity contribution >= 4 is 5.91 Å². The largest absolute Gasteiger partial charge is 0.371 e. The molecule has 1 amide bonds. The fourth-order valence-electron chi connectivity index (χ4n) is 3.17. The molecule has 0 saturated heterocycles. The summed E-state index contributed by atoms with van der Waals surface area (Å²) in [6.07, 6.45) is 0.713. The number of amides is 1. The Morgan fingerprint density at radius 2 is 2.04 bits per heavy atom. The van der Waals surface area contributed by atoms with E-state index < -0.39 is 0 Å². The third-order valence-corrected chi connectivity index (χ3v) is 4.51. The van der Waals surface area contributed by atoms with E-state index >= 15 is 0 Å². The van der Waals surface area contributed by atoms with Crippen molar-refractivity contribution in [3.63, 3.8) is 0 Å². The summed E-state index contributed by atoms with van der Waals surface area (Å²) >= 11 is 0. The van der Waals surface area contributed by atoms with Crippen molar-refractivity contribution in [1.29, 1.82) is 0 Å². The molecular weight excluding hydrogens is 333 g/mol. The number of carbonyl (C=O) groups excluding carboxylic acids is 1. The Balaban J connectivity index is 1.45. The first-order valence-electron chi connectivity index (χ1n) is 8.50. The lowest BCUT2D eigenvalue weighted by atomic mass is 9.97. The summed E-state index contributed by atoms with van der Waals surface area (Å²) in [7, 11) is 0. The fourth-order valence-corrected chi connectivity index (χ4v) is 3.17. The van der Waals surface area contributed by atoms with Gasteiger partial charge in [0, 0.05) is 12.1 Å². The Hall–Kier alpha value is -2.99. The molecule has 5 nitrogen and oxygen atoms in total. The molecule has 0 aliphatic carbocycles. The molecule has 1 aromatic heterocycles. The van der Waals surface area contributed by atoms with E-state index in [1.54, 1.807) is 24.3 Å². The molecule has 2 heterocycles. The van der Waals surface area contributed by atoms with Crippen molar-refractivity contribution in [3.8, 4) is 11.3 Å². The number of hydrogen-bond acceptors (Lipinski definition) is 3. The molecule has 0 radical (unpaired) electrons. The molecule has 0 fully saturated rings. The molecule has 0 unspecified atom stereocenters. The van der Waals surface area contributed by atoms with Crippen molar-refractivity contribution < 1.29 is 13.9 Å². The van der Waals surface area contributed by atoms with Crippen LogP contribution in [0.2, 0.25) is 0 Å². The van der Waals surface area contributed by atoms with Gasteiger partial charge in [0.1, 0.15) is 17.6 Å². The number of hydrogen-bond donors (Lipinski definition) is 2. The van der Waals surface area contributed by atoms with Gasteiger partial charge in [-0.1, -0.05) is 36.4 Å². The van der Waals surface area contributed by atoms with Gasteiger partial charge in [-0.3, -0.25) is 9.89 Å². The summed E-state index contributed by atoms with van der Waals surface area (Å²) in [4.78, 5) is 12.4. The van der Waals surface area contributed by atoms with Gasteiger partial charge in [-0.05, 0) is 35.7 Å². The van der Waals surface area contributed by atoms with Gasteiger partial charge < -0.3 is 10.1 Å². The van der Waals surface area contributed by atoms with E-state index in [2.05, 4.69) is 21.6 Å². The van der Waals surface area contributed by atoms with Crippen LogP contribution in [0.25, 0.3) is 11.3 Å². The molecule has 26 heavy (non-hydrogen) atoms. The van der Waals surface area contributed by atoms with E-state index in [0.717, 1.165) is 12.0 Å². The van der Waals surface area contributed by atoms with Gasteiger partial charge >= 0.3 is 0 Å². The number of aromatic amines is 1. The Bertz CT molecular complexity index is 938. The highest BCUT2D eigenvalue weighted by Gasteiger charge is 2.21. The topological polar surface area (TPSA) is 67.0 Å². The first-order chi connectivity index (χ1) is 12.7. The van der Waals surface area contributed by atoms with Crippen LogP contribution in [0.4, 0.5) is 4.39 Å². The highest BCUT2D eigenvalue weighted by Crippen LogP contribution is 2.26. The molecule has 0 bridgehead atoms. The zero-order valence-electron chi connectivity index (χ0n) is 14.0. The van der Waals surface area contributed by atoms with Crippen LogP contribution in [0.1, 0.15) is 27.7 Å². The number of fused-ring (bicyclic) bond motifs is 1. The monoisotopic (exact) mass is 351 g/mol. The van der Waals surface area contributed by atoms with Gasteiger partial charge in [0.15, 0.2) is 0 Å². The standard InChI is InChI=1S/C20H18FN3O2/c21-16-8-4-3-7-15(16)17-11-18(24-23-17)20(25)22-12-19-14-6-2-1-5-13(14)9-10-26-19/h1-8,11,19H,9-10,12H2,(H,22,25)(H,23,24)/t19-/m1/s1. The van der Waals surface area contributed by atoms with Gasteiger partial charge in [0.2, 0.25) is 0 Å². The highest BCUT2D eigenvalue weighted by atomic mass is 19.1. The minimum Gasteiger partial charge on any atom is -0.371 e. The number of ether oxygens (including phenoxy) is 1. The molecular formula is C20H18FN3O2. The molecule has 1 aliphatic rings. The number of aromatic nitrogens is 2. The lowest BCUT2D eigenvalue weighted by Crippen LogP contribution is -2.32. The summed E-state index contributed by atoms with van der Waals surface area (Å²) in [5.74, 6) is -0.676. The number of nitrogens with zero attached hydrogens (tertiary/aromatic N) is 1. The summed E-state index contributed by atoms with van der Waals surface area (Å²) in [6, 6.07) is 16.0. The SMILES string of the molecule is O=C(NC[C@H]1OCCc2ccccc21)c1cc(-c2ccccc2F)n[nH]1. The van der Waals surface area contributed by atoms with E-state index in [4.69, 9.17) is 4.74 Å². The molecule has 3 aromatic rings. The van der Waals surface area contributed by atoms with Crippen LogP contribution in [0.5, 0.6) is 0 Å². The maximum absolute atomic E-state index is 13.8. The highest BCUT2D eigenvalue weighted by molar-refractivity contribution is 5.93. The number of nitrogens with one attached hydrogen (secondary N) is 2. The van der Waals surface area contributed by atoms with Crippen molar-refractivity contribution in [2.24, 2.45) is 0 Å². The fraction of sp³-hybridized carbons (Fsp3) is 0.200. The lowest BCUT2D eigenvalue weighted by Gasteiger charge is -2.26.